The molecule has 8 nitrogen and oxygen atoms in total. The van der Waals surface area contributed by atoms with E-state index in [2.05, 4.69) is 5.32 Å². The molecule has 0 fully saturated rings. The Kier molecular flexibility index (Phi) is 4.28. The number of fused-ring (bicyclic) bond motifs is 1. The highest BCUT2D eigenvalue weighted by Crippen LogP contribution is 2.27. The summed E-state index contributed by atoms with van der Waals surface area (Å²) in [6.07, 6.45) is 1.60. The van der Waals surface area contributed by atoms with Crippen LogP contribution in [0.4, 0.5) is 5.69 Å². The monoisotopic (exact) mass is 329 g/mol. The number of amides is 1. The summed E-state index contributed by atoms with van der Waals surface area (Å²) < 4.78 is 6.72. The number of benzene rings is 1. The van der Waals surface area contributed by atoms with Crippen LogP contribution < -0.4 is 15.6 Å². The minimum atomic E-state index is -0.614. The Morgan fingerprint density at radius 3 is 2.88 bits per heavy atom. The minimum absolute atomic E-state index is 0.159. The maximum Gasteiger partial charge on any atom is 0.285 e. The van der Waals surface area contributed by atoms with Gasteiger partial charge in [-0.2, -0.15) is 0 Å². The predicted octanol–water partition coefficient (Wildman–Crippen LogP) is 0.876. The standard InChI is InChI=1S/C16H15N3O5/c20-15(10-18-9-12(19(22)23)5-6-16(18)21)17-8-13-7-11-3-1-2-4-14(11)24-13/h1-6,9,13H,7-8,10H2,(H,17,20)/t13-/m0/s1. The lowest BCUT2D eigenvalue weighted by atomic mass is 10.1. The molecule has 0 unspecified atom stereocenters. The zero-order chi connectivity index (χ0) is 17.1. The number of carbonyl (C=O) groups is 1. The molecule has 3 rings (SSSR count). The highest BCUT2D eigenvalue weighted by molar-refractivity contribution is 5.75. The van der Waals surface area contributed by atoms with Crippen molar-refractivity contribution in [2.45, 2.75) is 19.1 Å². The Morgan fingerprint density at radius 1 is 1.33 bits per heavy atom. The molecule has 0 radical (unpaired) electrons. The van der Waals surface area contributed by atoms with Crippen LogP contribution in [0.15, 0.2) is 47.4 Å². The summed E-state index contributed by atoms with van der Waals surface area (Å²) >= 11 is 0. The third-order valence-electron chi connectivity index (χ3n) is 3.73. The number of hydrogen-bond acceptors (Lipinski definition) is 5. The van der Waals surface area contributed by atoms with Crippen LogP contribution in [0.2, 0.25) is 0 Å². The van der Waals surface area contributed by atoms with Crippen molar-refractivity contribution < 1.29 is 14.5 Å². The highest BCUT2D eigenvalue weighted by atomic mass is 16.6. The Balaban J connectivity index is 1.56. The van der Waals surface area contributed by atoms with Crippen molar-refractivity contribution in [3.63, 3.8) is 0 Å². The van der Waals surface area contributed by atoms with Gasteiger partial charge in [0.2, 0.25) is 5.91 Å². The number of aromatic nitrogens is 1. The van der Waals surface area contributed by atoms with Crippen LogP contribution in [0.25, 0.3) is 0 Å². The van der Waals surface area contributed by atoms with E-state index in [-0.39, 0.29) is 18.3 Å². The number of carbonyl (C=O) groups excluding carboxylic acids is 1. The van der Waals surface area contributed by atoms with Crippen LogP contribution in [0.5, 0.6) is 5.75 Å². The van der Waals surface area contributed by atoms with Crippen molar-refractivity contribution in [2.24, 2.45) is 0 Å². The van der Waals surface area contributed by atoms with Crippen LogP contribution >= 0.6 is 0 Å². The summed E-state index contributed by atoms with van der Waals surface area (Å²) in [6.45, 7) is 0.0252. The van der Waals surface area contributed by atoms with Crippen molar-refractivity contribution in [1.82, 2.24) is 9.88 Å². The van der Waals surface area contributed by atoms with Gasteiger partial charge in [0.25, 0.3) is 11.2 Å². The molecule has 0 aliphatic carbocycles. The molecule has 1 aliphatic rings. The normalized spacial score (nSPS) is 15.4. The maximum absolute atomic E-state index is 12.0. The van der Waals surface area contributed by atoms with Gasteiger partial charge in [0.15, 0.2) is 0 Å². The van der Waals surface area contributed by atoms with Gasteiger partial charge in [0, 0.05) is 18.6 Å². The van der Waals surface area contributed by atoms with Crippen LogP contribution in [0, 0.1) is 10.1 Å². The molecule has 124 valence electrons. The van der Waals surface area contributed by atoms with E-state index in [0.717, 1.165) is 34.2 Å². The molecule has 1 atom stereocenters. The molecular formula is C16H15N3O5. The number of para-hydroxylation sites is 1. The van der Waals surface area contributed by atoms with Crippen molar-refractivity contribution >= 4 is 11.6 Å². The first-order valence-corrected chi connectivity index (χ1v) is 7.39. The predicted molar refractivity (Wildman–Crippen MR) is 84.9 cm³/mol. The topological polar surface area (TPSA) is 103 Å². The second-order valence-corrected chi connectivity index (χ2v) is 5.47. The Morgan fingerprint density at radius 2 is 2.12 bits per heavy atom. The Hall–Kier alpha value is -3.16. The number of rotatable bonds is 5. The van der Waals surface area contributed by atoms with Crippen molar-refractivity contribution in [2.75, 3.05) is 6.54 Å². The van der Waals surface area contributed by atoms with E-state index in [1.54, 1.807) is 0 Å². The molecule has 0 saturated heterocycles. The van der Waals surface area contributed by atoms with E-state index in [4.69, 9.17) is 4.74 Å². The third kappa shape index (κ3) is 3.43. The quantitative estimate of drug-likeness (QED) is 0.648. The molecule has 0 spiro atoms. The molecule has 0 saturated carbocycles. The van der Waals surface area contributed by atoms with Gasteiger partial charge in [-0.3, -0.25) is 24.3 Å². The molecule has 2 aromatic rings. The maximum atomic E-state index is 12.0. The molecule has 1 amide bonds. The van der Waals surface area contributed by atoms with Crippen LogP contribution in [-0.2, 0) is 17.8 Å². The largest absolute Gasteiger partial charge is 0.488 e. The molecule has 1 aromatic heterocycles. The smallest absolute Gasteiger partial charge is 0.285 e. The SMILES string of the molecule is O=C(Cn1cc([N+](=O)[O-])ccc1=O)NC[C@@H]1Cc2ccccc2O1. The molecule has 0 bridgehead atoms. The van der Waals surface area contributed by atoms with E-state index in [0.29, 0.717) is 13.0 Å². The van der Waals surface area contributed by atoms with Crippen LogP contribution in [-0.4, -0.2) is 28.0 Å². The number of nitrogens with zero attached hydrogens (tertiary/aromatic N) is 2. The summed E-state index contributed by atoms with van der Waals surface area (Å²) in [5, 5.41) is 13.4. The third-order valence-corrected chi connectivity index (χ3v) is 3.73. The zero-order valence-corrected chi connectivity index (χ0v) is 12.7. The van der Waals surface area contributed by atoms with Gasteiger partial charge < -0.3 is 10.1 Å². The van der Waals surface area contributed by atoms with Gasteiger partial charge in [0.1, 0.15) is 18.4 Å². The van der Waals surface area contributed by atoms with Crippen LogP contribution in [0.1, 0.15) is 5.56 Å². The van der Waals surface area contributed by atoms with Gasteiger partial charge in [-0.05, 0) is 11.6 Å². The summed E-state index contributed by atoms with van der Waals surface area (Å²) in [5.41, 5.74) is 0.379. The first-order chi connectivity index (χ1) is 11.5. The van der Waals surface area contributed by atoms with E-state index < -0.39 is 16.4 Å². The van der Waals surface area contributed by atoms with Gasteiger partial charge in [-0.25, -0.2) is 0 Å². The number of ether oxygens (including phenoxy) is 1. The number of nitro groups is 1. The summed E-state index contributed by atoms with van der Waals surface area (Å²) in [7, 11) is 0. The lowest BCUT2D eigenvalue weighted by molar-refractivity contribution is -0.385. The fourth-order valence-corrected chi connectivity index (χ4v) is 2.56. The van der Waals surface area contributed by atoms with E-state index >= 15 is 0 Å². The van der Waals surface area contributed by atoms with E-state index in [9.17, 15) is 19.7 Å². The van der Waals surface area contributed by atoms with Gasteiger partial charge in [-0.15, -0.1) is 0 Å². The molecule has 1 aromatic carbocycles. The molecule has 2 heterocycles. The highest BCUT2D eigenvalue weighted by Gasteiger charge is 2.22. The second kappa shape index (κ2) is 6.53. The summed E-state index contributed by atoms with van der Waals surface area (Å²) in [5.74, 6) is 0.406. The summed E-state index contributed by atoms with van der Waals surface area (Å²) in [4.78, 5) is 33.8. The molecule has 8 heteroatoms. The van der Waals surface area contributed by atoms with E-state index in [1.807, 2.05) is 24.3 Å². The lowest BCUT2D eigenvalue weighted by Crippen LogP contribution is -2.38. The van der Waals surface area contributed by atoms with Gasteiger partial charge in [-0.1, -0.05) is 18.2 Å². The molecular weight excluding hydrogens is 314 g/mol. The van der Waals surface area contributed by atoms with Crippen molar-refractivity contribution in [1.29, 1.82) is 0 Å². The number of hydrogen-bond donors (Lipinski definition) is 1. The second-order valence-electron chi connectivity index (χ2n) is 5.47. The fraction of sp³-hybridized carbons (Fsp3) is 0.250. The lowest BCUT2D eigenvalue weighted by Gasteiger charge is -2.12. The van der Waals surface area contributed by atoms with Gasteiger partial charge in [0.05, 0.1) is 17.7 Å². The zero-order valence-electron chi connectivity index (χ0n) is 12.7. The average Bonchev–Trinajstić information content (AvgIpc) is 2.97. The van der Waals surface area contributed by atoms with Crippen LogP contribution in [0.3, 0.4) is 0 Å². The Bertz CT molecular complexity index is 821. The number of nitrogens with one attached hydrogen (secondary N) is 1. The average molecular weight is 329 g/mol. The van der Waals surface area contributed by atoms with Gasteiger partial charge >= 0.3 is 0 Å². The van der Waals surface area contributed by atoms with Crippen molar-refractivity contribution in [3.8, 4) is 5.75 Å². The number of pyridine rings is 1. The molecule has 1 aliphatic heterocycles. The van der Waals surface area contributed by atoms with E-state index in [1.165, 1.54) is 0 Å². The first kappa shape index (κ1) is 15.7. The molecule has 1 N–H and O–H groups in total. The molecule has 24 heavy (non-hydrogen) atoms. The minimum Gasteiger partial charge on any atom is -0.488 e. The first-order valence-electron chi connectivity index (χ1n) is 7.39. The fourth-order valence-electron chi connectivity index (χ4n) is 2.56. The Labute approximate surface area is 136 Å². The van der Waals surface area contributed by atoms with Crippen molar-refractivity contribution in [3.05, 3.63) is 68.6 Å². The summed E-state index contributed by atoms with van der Waals surface area (Å²) in [6, 6.07) is 9.84.